The molecule has 17 heavy (non-hydrogen) atoms. The van der Waals surface area contributed by atoms with Gasteiger partial charge < -0.3 is 10.5 Å². The number of esters is 1. The third-order valence-electron chi connectivity index (χ3n) is 2.20. The van der Waals surface area contributed by atoms with Gasteiger partial charge in [-0.15, -0.1) is 0 Å². The van der Waals surface area contributed by atoms with Crippen LogP contribution in [-0.4, -0.2) is 5.97 Å². The summed E-state index contributed by atoms with van der Waals surface area (Å²) in [6.45, 7) is 0.229. The Kier molecular flexibility index (Phi) is 3.66. The van der Waals surface area contributed by atoms with Crippen LogP contribution in [0.4, 0.5) is 5.69 Å². The molecule has 0 bridgehead atoms. The van der Waals surface area contributed by atoms with Gasteiger partial charge >= 0.3 is 5.97 Å². The fourth-order valence-electron chi connectivity index (χ4n) is 1.35. The molecule has 0 saturated carbocycles. The highest BCUT2D eigenvalue weighted by Gasteiger charge is 2.15. The van der Waals surface area contributed by atoms with E-state index < -0.39 is 5.97 Å². The van der Waals surface area contributed by atoms with E-state index in [0.717, 1.165) is 5.56 Å². The number of nitrogens with two attached hydrogens (primary N) is 1. The van der Waals surface area contributed by atoms with Crippen LogP contribution in [-0.2, 0) is 11.3 Å². The molecule has 0 fully saturated rings. The van der Waals surface area contributed by atoms with Gasteiger partial charge in [0.2, 0.25) is 0 Å². The lowest BCUT2D eigenvalue weighted by Gasteiger charge is -2.07. The lowest BCUT2D eigenvalue weighted by atomic mass is 10.2. The first-order valence-electron chi connectivity index (χ1n) is 4.90. The smallest absolute Gasteiger partial charge is 0.342 e. The summed E-state index contributed by atoms with van der Waals surface area (Å²) >= 11 is 7.46. The van der Waals surface area contributed by atoms with Crippen LogP contribution >= 0.6 is 22.9 Å². The molecular weight excluding hydrogens is 258 g/mol. The lowest BCUT2D eigenvalue weighted by Crippen LogP contribution is -2.08. The van der Waals surface area contributed by atoms with Crippen molar-refractivity contribution in [1.82, 2.24) is 0 Å². The van der Waals surface area contributed by atoms with Crippen molar-refractivity contribution in [2.75, 3.05) is 5.73 Å². The minimum atomic E-state index is -0.501. The van der Waals surface area contributed by atoms with E-state index in [4.69, 9.17) is 22.1 Å². The molecule has 1 aromatic carbocycles. The summed E-state index contributed by atoms with van der Waals surface area (Å²) in [6, 6.07) is 6.81. The van der Waals surface area contributed by atoms with Crippen molar-refractivity contribution < 1.29 is 9.53 Å². The van der Waals surface area contributed by atoms with Gasteiger partial charge in [-0.3, -0.25) is 0 Å². The predicted octanol–water partition coefficient (Wildman–Crippen LogP) is 3.34. The Balaban J connectivity index is 2.10. The minimum absolute atomic E-state index is 0.226. The molecule has 0 aliphatic rings. The number of ether oxygens (including phenoxy) is 1. The summed E-state index contributed by atoms with van der Waals surface area (Å²) in [6.07, 6.45) is 0. The normalized spacial score (nSPS) is 10.2. The molecular formula is C12H10ClNO2S. The number of hydrogen-bond donors (Lipinski definition) is 1. The van der Waals surface area contributed by atoms with E-state index in [-0.39, 0.29) is 12.2 Å². The summed E-state index contributed by atoms with van der Waals surface area (Å²) in [7, 11) is 0. The average molecular weight is 268 g/mol. The standard InChI is InChI=1S/C12H10ClNO2S/c13-9-2-1-3-10(14)11(9)12(15)16-6-8-4-5-17-7-8/h1-5,7H,6,14H2. The van der Waals surface area contributed by atoms with E-state index in [0.29, 0.717) is 10.7 Å². The second-order valence-corrected chi connectivity index (χ2v) is 4.60. The molecule has 0 amide bonds. The molecule has 5 heteroatoms. The average Bonchev–Trinajstić information content (AvgIpc) is 2.79. The van der Waals surface area contributed by atoms with Crippen molar-refractivity contribution in [3.05, 3.63) is 51.2 Å². The molecule has 2 N–H and O–H groups in total. The SMILES string of the molecule is Nc1cccc(Cl)c1C(=O)OCc1ccsc1. The second-order valence-electron chi connectivity index (χ2n) is 3.41. The molecule has 1 heterocycles. The number of carbonyl (C=O) groups excluding carboxylic acids is 1. The zero-order chi connectivity index (χ0) is 12.3. The largest absolute Gasteiger partial charge is 0.457 e. The van der Waals surface area contributed by atoms with E-state index in [2.05, 4.69) is 0 Å². The van der Waals surface area contributed by atoms with E-state index in [9.17, 15) is 4.79 Å². The number of nitrogen functional groups attached to an aromatic ring is 1. The molecule has 0 saturated heterocycles. The molecule has 3 nitrogen and oxygen atoms in total. The Bertz CT molecular complexity index is 505. The highest BCUT2D eigenvalue weighted by Crippen LogP contribution is 2.23. The first-order valence-corrected chi connectivity index (χ1v) is 6.23. The third kappa shape index (κ3) is 2.78. The Hall–Kier alpha value is -1.52. The monoisotopic (exact) mass is 267 g/mol. The third-order valence-corrected chi connectivity index (χ3v) is 3.25. The first kappa shape index (κ1) is 12.0. The van der Waals surface area contributed by atoms with Gasteiger partial charge in [-0.1, -0.05) is 17.7 Å². The van der Waals surface area contributed by atoms with Gasteiger partial charge in [-0.2, -0.15) is 11.3 Å². The van der Waals surface area contributed by atoms with Gasteiger partial charge in [0.05, 0.1) is 5.02 Å². The van der Waals surface area contributed by atoms with Crippen LogP contribution in [0.3, 0.4) is 0 Å². The van der Waals surface area contributed by atoms with Gasteiger partial charge in [0.25, 0.3) is 0 Å². The van der Waals surface area contributed by atoms with Crippen LogP contribution in [0.25, 0.3) is 0 Å². The molecule has 0 aliphatic heterocycles. The quantitative estimate of drug-likeness (QED) is 0.685. The van der Waals surface area contributed by atoms with Crippen LogP contribution in [0, 0.1) is 0 Å². The van der Waals surface area contributed by atoms with Gasteiger partial charge in [0.15, 0.2) is 0 Å². The molecule has 0 unspecified atom stereocenters. The molecule has 0 radical (unpaired) electrons. The van der Waals surface area contributed by atoms with E-state index >= 15 is 0 Å². The molecule has 88 valence electrons. The topological polar surface area (TPSA) is 52.3 Å². The predicted molar refractivity (Wildman–Crippen MR) is 69.3 cm³/mol. The zero-order valence-corrected chi connectivity index (χ0v) is 10.4. The summed E-state index contributed by atoms with van der Waals surface area (Å²) in [4.78, 5) is 11.8. The van der Waals surface area contributed by atoms with Crippen molar-refractivity contribution in [3.63, 3.8) is 0 Å². The van der Waals surface area contributed by atoms with E-state index in [1.807, 2.05) is 16.8 Å². The van der Waals surface area contributed by atoms with E-state index in [1.165, 1.54) is 0 Å². The first-order chi connectivity index (χ1) is 8.18. The maximum atomic E-state index is 11.8. The number of halogens is 1. The van der Waals surface area contributed by atoms with Gasteiger partial charge in [-0.05, 0) is 29.0 Å². The Labute approximate surface area is 108 Å². The molecule has 0 atom stereocenters. The second kappa shape index (κ2) is 5.21. The number of hydrogen-bond acceptors (Lipinski definition) is 4. The molecule has 2 aromatic rings. The molecule has 0 spiro atoms. The summed E-state index contributed by atoms with van der Waals surface area (Å²) in [5, 5.41) is 4.15. The number of thiophene rings is 1. The summed E-state index contributed by atoms with van der Waals surface area (Å²) in [5.41, 5.74) is 7.19. The van der Waals surface area contributed by atoms with Crippen LogP contribution in [0.15, 0.2) is 35.0 Å². The van der Waals surface area contributed by atoms with Crippen LogP contribution < -0.4 is 5.73 Å². The Morgan fingerprint density at radius 1 is 1.41 bits per heavy atom. The number of benzene rings is 1. The van der Waals surface area contributed by atoms with Crippen molar-refractivity contribution in [2.24, 2.45) is 0 Å². The van der Waals surface area contributed by atoms with Crippen LogP contribution in [0.2, 0.25) is 5.02 Å². The fraction of sp³-hybridized carbons (Fsp3) is 0.0833. The summed E-state index contributed by atoms with van der Waals surface area (Å²) < 4.78 is 5.14. The highest BCUT2D eigenvalue weighted by atomic mass is 35.5. The van der Waals surface area contributed by atoms with Gasteiger partial charge in [0.1, 0.15) is 12.2 Å². The number of anilines is 1. The fourth-order valence-corrected chi connectivity index (χ4v) is 2.26. The molecule has 2 rings (SSSR count). The Morgan fingerprint density at radius 2 is 2.24 bits per heavy atom. The Morgan fingerprint density at radius 3 is 2.88 bits per heavy atom. The van der Waals surface area contributed by atoms with Crippen LogP contribution in [0.5, 0.6) is 0 Å². The zero-order valence-electron chi connectivity index (χ0n) is 8.85. The molecule has 1 aromatic heterocycles. The number of carbonyl (C=O) groups is 1. The minimum Gasteiger partial charge on any atom is -0.457 e. The number of rotatable bonds is 3. The van der Waals surface area contributed by atoms with Crippen molar-refractivity contribution in [1.29, 1.82) is 0 Å². The van der Waals surface area contributed by atoms with Crippen LogP contribution in [0.1, 0.15) is 15.9 Å². The van der Waals surface area contributed by atoms with E-state index in [1.54, 1.807) is 29.5 Å². The van der Waals surface area contributed by atoms with Crippen molar-refractivity contribution in [2.45, 2.75) is 6.61 Å². The highest BCUT2D eigenvalue weighted by molar-refractivity contribution is 7.07. The maximum Gasteiger partial charge on any atom is 0.342 e. The van der Waals surface area contributed by atoms with Crippen molar-refractivity contribution in [3.8, 4) is 0 Å². The maximum absolute atomic E-state index is 11.8. The molecule has 0 aliphatic carbocycles. The van der Waals surface area contributed by atoms with Gasteiger partial charge in [0, 0.05) is 11.3 Å². The van der Waals surface area contributed by atoms with Crippen molar-refractivity contribution >= 4 is 34.6 Å². The summed E-state index contributed by atoms with van der Waals surface area (Å²) in [5.74, 6) is -0.501. The van der Waals surface area contributed by atoms with Gasteiger partial charge in [-0.25, -0.2) is 4.79 Å². The lowest BCUT2D eigenvalue weighted by molar-refractivity contribution is 0.0474.